The molecule has 1 aromatic heterocycles. The third kappa shape index (κ3) is 7.23. The molecule has 1 heterocycles. The number of pyridine rings is 1. The van der Waals surface area contributed by atoms with Gasteiger partial charge in [0.1, 0.15) is 5.82 Å². The van der Waals surface area contributed by atoms with Crippen LogP contribution in [0.3, 0.4) is 0 Å². The Hall–Kier alpha value is -3.67. The van der Waals surface area contributed by atoms with E-state index in [9.17, 15) is 9.59 Å². The molecule has 1 unspecified atom stereocenters. The molecular weight excluding hydrogens is 402 g/mol. The van der Waals surface area contributed by atoms with Gasteiger partial charge in [0.2, 0.25) is 0 Å². The summed E-state index contributed by atoms with van der Waals surface area (Å²) in [4.78, 5) is 28.7. The van der Waals surface area contributed by atoms with E-state index in [1.165, 1.54) is 0 Å². The SMILES string of the molecule is CCOC(=O)CC(Cc1ccc(C(=O)NCCNc2ccccn2)cc1)c1ccccc1. The first-order valence-corrected chi connectivity index (χ1v) is 10.9. The van der Waals surface area contributed by atoms with Gasteiger partial charge in [-0.25, -0.2) is 4.98 Å². The van der Waals surface area contributed by atoms with Crippen molar-refractivity contribution in [1.82, 2.24) is 10.3 Å². The van der Waals surface area contributed by atoms with Gasteiger partial charge in [-0.3, -0.25) is 9.59 Å². The number of ether oxygens (including phenoxy) is 1. The molecule has 3 aromatic rings. The van der Waals surface area contributed by atoms with Gasteiger partial charge in [0.15, 0.2) is 0 Å². The maximum atomic E-state index is 12.4. The number of nitrogens with zero attached hydrogens (tertiary/aromatic N) is 1. The van der Waals surface area contributed by atoms with E-state index in [1.54, 1.807) is 6.20 Å². The van der Waals surface area contributed by atoms with Crippen molar-refractivity contribution in [2.75, 3.05) is 25.0 Å². The maximum absolute atomic E-state index is 12.4. The van der Waals surface area contributed by atoms with E-state index < -0.39 is 0 Å². The van der Waals surface area contributed by atoms with E-state index in [0.29, 0.717) is 38.1 Å². The Morgan fingerprint density at radius 3 is 2.38 bits per heavy atom. The summed E-state index contributed by atoms with van der Waals surface area (Å²) >= 11 is 0. The number of aromatic nitrogens is 1. The van der Waals surface area contributed by atoms with Crippen LogP contribution in [-0.2, 0) is 16.0 Å². The number of carbonyl (C=O) groups is 2. The zero-order valence-corrected chi connectivity index (χ0v) is 18.3. The fourth-order valence-corrected chi connectivity index (χ4v) is 3.47. The molecule has 0 spiro atoms. The number of amides is 1. The molecule has 2 aromatic carbocycles. The first-order valence-electron chi connectivity index (χ1n) is 10.9. The number of hydrogen-bond donors (Lipinski definition) is 2. The lowest BCUT2D eigenvalue weighted by atomic mass is 9.89. The summed E-state index contributed by atoms with van der Waals surface area (Å²) in [6.45, 7) is 3.27. The summed E-state index contributed by atoms with van der Waals surface area (Å²) in [6.07, 6.45) is 2.74. The highest BCUT2D eigenvalue weighted by Crippen LogP contribution is 2.25. The van der Waals surface area contributed by atoms with Gasteiger partial charge < -0.3 is 15.4 Å². The summed E-state index contributed by atoms with van der Waals surface area (Å²) in [7, 11) is 0. The van der Waals surface area contributed by atoms with E-state index in [1.807, 2.05) is 79.7 Å². The minimum Gasteiger partial charge on any atom is -0.466 e. The molecule has 32 heavy (non-hydrogen) atoms. The molecule has 0 radical (unpaired) electrons. The zero-order chi connectivity index (χ0) is 22.6. The predicted octanol–water partition coefficient (Wildman–Crippen LogP) is 4.20. The van der Waals surface area contributed by atoms with Crippen molar-refractivity contribution < 1.29 is 14.3 Å². The van der Waals surface area contributed by atoms with Crippen molar-refractivity contribution in [3.63, 3.8) is 0 Å². The molecule has 3 rings (SSSR count). The van der Waals surface area contributed by atoms with Gasteiger partial charge in [-0.1, -0.05) is 48.5 Å². The highest BCUT2D eigenvalue weighted by atomic mass is 16.5. The summed E-state index contributed by atoms with van der Waals surface area (Å²) in [5.41, 5.74) is 2.77. The molecule has 0 aliphatic heterocycles. The van der Waals surface area contributed by atoms with Crippen molar-refractivity contribution in [3.05, 3.63) is 95.7 Å². The lowest BCUT2D eigenvalue weighted by Gasteiger charge is -2.17. The number of nitrogens with one attached hydrogen (secondary N) is 2. The van der Waals surface area contributed by atoms with E-state index >= 15 is 0 Å². The standard InChI is InChI=1S/C26H29N3O3/c1-2-32-25(30)19-23(21-8-4-3-5-9-21)18-20-11-13-22(14-12-20)26(31)29-17-16-28-24-10-6-7-15-27-24/h3-15,23H,2,16-19H2,1H3,(H,27,28)(H,29,31). The minimum absolute atomic E-state index is 0.0209. The Kier molecular flexibility index (Phi) is 8.80. The average Bonchev–Trinajstić information content (AvgIpc) is 2.83. The number of esters is 1. The quantitative estimate of drug-likeness (QED) is 0.351. The van der Waals surface area contributed by atoms with Gasteiger partial charge in [-0.05, 0) is 54.7 Å². The van der Waals surface area contributed by atoms with Crippen LogP contribution in [0.15, 0.2) is 79.0 Å². The van der Waals surface area contributed by atoms with Crippen LogP contribution < -0.4 is 10.6 Å². The minimum atomic E-state index is -0.198. The zero-order valence-electron chi connectivity index (χ0n) is 18.3. The molecule has 0 bridgehead atoms. The molecular formula is C26H29N3O3. The second-order valence-corrected chi connectivity index (χ2v) is 7.42. The Morgan fingerprint density at radius 1 is 0.938 bits per heavy atom. The van der Waals surface area contributed by atoms with Gasteiger partial charge in [0.05, 0.1) is 13.0 Å². The predicted molar refractivity (Wildman–Crippen MR) is 126 cm³/mol. The van der Waals surface area contributed by atoms with Crippen LogP contribution in [0.4, 0.5) is 5.82 Å². The molecule has 6 nitrogen and oxygen atoms in total. The highest BCUT2D eigenvalue weighted by molar-refractivity contribution is 5.94. The van der Waals surface area contributed by atoms with Crippen LogP contribution in [0.5, 0.6) is 0 Å². The Labute approximate surface area is 189 Å². The van der Waals surface area contributed by atoms with E-state index in [2.05, 4.69) is 15.6 Å². The van der Waals surface area contributed by atoms with Crippen molar-refractivity contribution in [2.24, 2.45) is 0 Å². The van der Waals surface area contributed by atoms with Gasteiger partial charge in [0, 0.05) is 24.8 Å². The summed E-state index contributed by atoms with van der Waals surface area (Å²) in [6, 6.07) is 23.2. The first kappa shape index (κ1) is 23.0. The van der Waals surface area contributed by atoms with Crippen molar-refractivity contribution >= 4 is 17.7 Å². The van der Waals surface area contributed by atoms with Crippen molar-refractivity contribution in [3.8, 4) is 0 Å². The fraction of sp³-hybridized carbons (Fsp3) is 0.269. The van der Waals surface area contributed by atoms with Crippen LogP contribution in [0.25, 0.3) is 0 Å². The molecule has 166 valence electrons. The summed E-state index contributed by atoms with van der Waals surface area (Å²) in [5.74, 6) is 0.483. The Morgan fingerprint density at radius 2 is 1.69 bits per heavy atom. The second-order valence-electron chi connectivity index (χ2n) is 7.42. The highest BCUT2D eigenvalue weighted by Gasteiger charge is 2.18. The van der Waals surface area contributed by atoms with Gasteiger partial charge >= 0.3 is 5.97 Å². The first-order chi connectivity index (χ1) is 15.7. The average molecular weight is 432 g/mol. The molecule has 2 N–H and O–H groups in total. The number of hydrogen-bond acceptors (Lipinski definition) is 5. The maximum Gasteiger partial charge on any atom is 0.306 e. The fourth-order valence-electron chi connectivity index (χ4n) is 3.47. The molecule has 0 aliphatic carbocycles. The molecule has 1 amide bonds. The molecule has 0 saturated heterocycles. The normalized spacial score (nSPS) is 11.4. The lowest BCUT2D eigenvalue weighted by molar-refractivity contribution is -0.143. The van der Waals surface area contributed by atoms with Gasteiger partial charge in [0.25, 0.3) is 5.91 Å². The smallest absolute Gasteiger partial charge is 0.306 e. The molecule has 0 fully saturated rings. The van der Waals surface area contributed by atoms with Crippen LogP contribution in [0.2, 0.25) is 0 Å². The van der Waals surface area contributed by atoms with Gasteiger partial charge in [-0.2, -0.15) is 0 Å². The monoisotopic (exact) mass is 431 g/mol. The van der Waals surface area contributed by atoms with Crippen LogP contribution in [0, 0.1) is 0 Å². The number of carbonyl (C=O) groups excluding carboxylic acids is 2. The van der Waals surface area contributed by atoms with Crippen molar-refractivity contribution in [2.45, 2.75) is 25.7 Å². The molecule has 0 saturated carbocycles. The van der Waals surface area contributed by atoms with Crippen LogP contribution >= 0.6 is 0 Å². The van der Waals surface area contributed by atoms with Crippen LogP contribution in [-0.4, -0.2) is 36.6 Å². The second kappa shape index (κ2) is 12.2. The number of rotatable bonds is 11. The third-order valence-electron chi connectivity index (χ3n) is 5.07. The van der Waals surface area contributed by atoms with E-state index in [-0.39, 0.29) is 17.8 Å². The molecule has 6 heteroatoms. The van der Waals surface area contributed by atoms with E-state index in [4.69, 9.17) is 4.74 Å². The third-order valence-corrected chi connectivity index (χ3v) is 5.07. The largest absolute Gasteiger partial charge is 0.466 e. The number of benzene rings is 2. The molecule has 0 aliphatic rings. The summed E-state index contributed by atoms with van der Waals surface area (Å²) < 4.78 is 5.16. The van der Waals surface area contributed by atoms with Crippen molar-refractivity contribution in [1.29, 1.82) is 0 Å². The lowest BCUT2D eigenvalue weighted by Crippen LogP contribution is -2.28. The Bertz CT molecular complexity index is 976. The van der Waals surface area contributed by atoms with Crippen LogP contribution in [0.1, 0.15) is 40.7 Å². The van der Waals surface area contributed by atoms with E-state index in [0.717, 1.165) is 16.9 Å². The number of anilines is 1. The summed E-state index contributed by atoms with van der Waals surface area (Å²) in [5, 5.41) is 6.06. The Balaban J connectivity index is 1.54. The topological polar surface area (TPSA) is 80.3 Å². The van der Waals surface area contributed by atoms with Gasteiger partial charge in [-0.15, -0.1) is 0 Å². The molecule has 1 atom stereocenters.